The number of thiocarbonyl (C=S) groups is 1. The number of carbonyl (C=O) groups is 2. The van der Waals surface area contributed by atoms with Gasteiger partial charge >= 0.3 is 0 Å². The van der Waals surface area contributed by atoms with Gasteiger partial charge in [-0.2, -0.15) is 0 Å². The van der Waals surface area contributed by atoms with E-state index in [9.17, 15) is 9.59 Å². The lowest BCUT2D eigenvalue weighted by Gasteiger charge is -2.36. The maximum absolute atomic E-state index is 13.7. The highest BCUT2D eigenvalue weighted by Crippen LogP contribution is 2.32. The van der Waals surface area contributed by atoms with Gasteiger partial charge in [0.15, 0.2) is 5.11 Å². The van der Waals surface area contributed by atoms with E-state index in [0.717, 1.165) is 5.56 Å². The number of hydrogen-bond acceptors (Lipinski definition) is 4. The van der Waals surface area contributed by atoms with Crippen LogP contribution in [0.4, 0.5) is 11.4 Å². The topological polar surface area (TPSA) is 49.9 Å². The summed E-state index contributed by atoms with van der Waals surface area (Å²) in [5, 5.41) is 0.631. The number of hydrogen-bond donors (Lipinski definition) is 0. The van der Waals surface area contributed by atoms with Crippen molar-refractivity contribution in [1.29, 1.82) is 0 Å². The van der Waals surface area contributed by atoms with E-state index in [2.05, 4.69) is 0 Å². The zero-order chi connectivity index (χ0) is 25.9. The molecule has 182 valence electrons. The van der Waals surface area contributed by atoms with Crippen LogP contribution in [0.5, 0.6) is 11.5 Å². The number of aryl methyl sites for hydroxylation is 1. The summed E-state index contributed by atoms with van der Waals surface area (Å²) in [4.78, 5) is 30.0. The van der Waals surface area contributed by atoms with E-state index in [1.807, 2.05) is 49.4 Å². The van der Waals surface area contributed by atoms with Crippen LogP contribution in [-0.2, 0) is 9.59 Å². The van der Waals surface area contributed by atoms with Crippen molar-refractivity contribution in [2.24, 2.45) is 0 Å². The molecule has 1 heterocycles. The fourth-order valence-corrected chi connectivity index (χ4v) is 4.40. The Bertz CT molecular complexity index is 1500. The number of carbonyl (C=O) groups excluding carboxylic acids is 2. The molecule has 0 bridgehead atoms. The first-order valence-corrected chi connectivity index (χ1v) is 12.3. The number of nitrogens with zero attached hydrogens (tertiary/aromatic N) is 2. The van der Waals surface area contributed by atoms with Crippen molar-refractivity contribution >= 4 is 58.2 Å². The average molecular weight is 525 g/mol. The molecule has 2 amide bonds. The smallest absolute Gasteiger partial charge is 0.270 e. The van der Waals surface area contributed by atoms with Crippen molar-refractivity contribution in [3.8, 4) is 11.5 Å². The third-order valence-electron chi connectivity index (χ3n) is 5.80. The van der Waals surface area contributed by atoms with Gasteiger partial charge in [-0.05, 0) is 91.4 Å². The highest BCUT2D eigenvalue weighted by Gasteiger charge is 2.41. The number of anilines is 2. The van der Waals surface area contributed by atoms with Crippen LogP contribution < -0.4 is 14.5 Å². The first-order chi connectivity index (χ1) is 17.9. The maximum atomic E-state index is 13.7. The number of amides is 2. The summed E-state index contributed by atoms with van der Waals surface area (Å²) in [7, 11) is 0. The lowest BCUT2D eigenvalue weighted by atomic mass is 10.0. The summed E-state index contributed by atoms with van der Waals surface area (Å²) in [6.45, 7) is 2.01. The van der Waals surface area contributed by atoms with Gasteiger partial charge in [0.1, 0.15) is 17.1 Å². The van der Waals surface area contributed by atoms with Gasteiger partial charge < -0.3 is 4.74 Å². The van der Waals surface area contributed by atoms with Crippen LogP contribution in [0.1, 0.15) is 11.1 Å². The Kier molecular flexibility index (Phi) is 6.86. The molecule has 5 nitrogen and oxygen atoms in total. The molecule has 0 unspecified atom stereocenters. The van der Waals surface area contributed by atoms with Crippen molar-refractivity contribution < 1.29 is 14.3 Å². The Morgan fingerprint density at radius 1 is 0.703 bits per heavy atom. The van der Waals surface area contributed by atoms with Gasteiger partial charge in [-0.1, -0.05) is 59.6 Å². The minimum atomic E-state index is -0.510. The second-order valence-electron chi connectivity index (χ2n) is 8.42. The molecular formula is C30H21ClN2O3S. The Hall–Kier alpha value is -4.26. The number of rotatable bonds is 5. The number of benzene rings is 4. The molecule has 4 aromatic carbocycles. The van der Waals surface area contributed by atoms with E-state index < -0.39 is 11.8 Å². The Morgan fingerprint density at radius 2 is 1.22 bits per heavy atom. The van der Waals surface area contributed by atoms with Crippen LogP contribution in [0.3, 0.4) is 0 Å². The first kappa shape index (κ1) is 24.4. The molecule has 37 heavy (non-hydrogen) atoms. The molecule has 0 aliphatic carbocycles. The van der Waals surface area contributed by atoms with Crippen LogP contribution in [0, 0.1) is 6.92 Å². The van der Waals surface area contributed by atoms with Crippen molar-refractivity contribution in [1.82, 2.24) is 0 Å². The second-order valence-corrected chi connectivity index (χ2v) is 9.22. The van der Waals surface area contributed by atoms with Crippen LogP contribution in [0.25, 0.3) is 6.08 Å². The summed E-state index contributed by atoms with van der Waals surface area (Å²) in [6, 6.07) is 30.7. The second kappa shape index (κ2) is 10.4. The van der Waals surface area contributed by atoms with E-state index in [0.29, 0.717) is 33.5 Å². The normalized spacial score (nSPS) is 14.9. The first-order valence-electron chi connectivity index (χ1n) is 11.5. The molecule has 0 spiro atoms. The minimum absolute atomic E-state index is 0.0141. The quantitative estimate of drug-likeness (QED) is 0.157. The molecule has 0 saturated carbocycles. The minimum Gasteiger partial charge on any atom is -0.457 e. The number of para-hydroxylation sites is 1. The zero-order valence-corrected chi connectivity index (χ0v) is 21.4. The van der Waals surface area contributed by atoms with Gasteiger partial charge in [-0.25, -0.2) is 0 Å². The monoisotopic (exact) mass is 524 g/mol. The lowest BCUT2D eigenvalue weighted by Crippen LogP contribution is -2.56. The fourth-order valence-electron chi connectivity index (χ4n) is 3.89. The molecule has 0 radical (unpaired) electrons. The fraction of sp³-hybridized carbons (Fsp3) is 0.0333. The summed E-state index contributed by atoms with van der Waals surface area (Å²) in [5.41, 5.74) is 2.88. The molecule has 0 N–H and O–H groups in total. The van der Waals surface area contributed by atoms with Gasteiger partial charge in [0, 0.05) is 5.02 Å². The number of ether oxygens (including phenoxy) is 1. The molecule has 7 heteroatoms. The highest BCUT2D eigenvalue weighted by molar-refractivity contribution is 7.81. The molecule has 1 aliphatic heterocycles. The average Bonchev–Trinajstić information content (AvgIpc) is 2.91. The largest absolute Gasteiger partial charge is 0.457 e. The maximum Gasteiger partial charge on any atom is 0.270 e. The molecule has 1 aliphatic rings. The molecule has 0 atom stereocenters. The van der Waals surface area contributed by atoms with Gasteiger partial charge in [-0.15, -0.1) is 0 Å². The van der Waals surface area contributed by atoms with Gasteiger partial charge in [0.05, 0.1) is 11.4 Å². The van der Waals surface area contributed by atoms with Crippen molar-refractivity contribution in [2.45, 2.75) is 6.92 Å². The molecule has 0 aromatic heterocycles. The molecule has 1 fully saturated rings. The Labute approximate surface area is 225 Å². The van der Waals surface area contributed by atoms with E-state index >= 15 is 0 Å². The van der Waals surface area contributed by atoms with E-state index in [1.165, 1.54) is 9.80 Å². The number of halogens is 1. The molecular weight excluding hydrogens is 504 g/mol. The predicted molar refractivity (Wildman–Crippen MR) is 151 cm³/mol. The predicted octanol–water partition coefficient (Wildman–Crippen LogP) is 7.19. The SMILES string of the molecule is Cc1ccc(Oc2ccc(N3C(=O)/C(=C\c4ccc(Cl)cc4)C(=O)N(c4ccccc4)C3=S)cc2)cc1. The van der Waals surface area contributed by atoms with Crippen LogP contribution in [0.2, 0.25) is 5.02 Å². The van der Waals surface area contributed by atoms with E-state index in [1.54, 1.807) is 66.7 Å². The summed E-state index contributed by atoms with van der Waals surface area (Å²) in [5.74, 6) is 0.309. The van der Waals surface area contributed by atoms with Crippen molar-refractivity contribution in [2.75, 3.05) is 9.80 Å². The highest BCUT2D eigenvalue weighted by atomic mass is 35.5. The zero-order valence-electron chi connectivity index (χ0n) is 19.8. The molecule has 5 rings (SSSR count). The van der Waals surface area contributed by atoms with Crippen molar-refractivity contribution in [3.63, 3.8) is 0 Å². The Morgan fingerprint density at radius 3 is 1.78 bits per heavy atom. The molecule has 4 aromatic rings. The lowest BCUT2D eigenvalue weighted by molar-refractivity contribution is -0.120. The summed E-state index contributed by atoms with van der Waals surface area (Å²) < 4.78 is 5.92. The summed E-state index contributed by atoms with van der Waals surface area (Å²) in [6.07, 6.45) is 1.56. The van der Waals surface area contributed by atoms with Crippen LogP contribution >= 0.6 is 23.8 Å². The van der Waals surface area contributed by atoms with Crippen molar-refractivity contribution in [3.05, 3.63) is 125 Å². The van der Waals surface area contributed by atoms with Gasteiger partial charge in [0.25, 0.3) is 11.8 Å². The Balaban J connectivity index is 1.52. The molecule has 1 saturated heterocycles. The van der Waals surface area contributed by atoms with E-state index in [-0.39, 0.29) is 10.7 Å². The van der Waals surface area contributed by atoms with E-state index in [4.69, 9.17) is 28.6 Å². The van der Waals surface area contributed by atoms with Crippen LogP contribution in [-0.4, -0.2) is 16.9 Å². The third kappa shape index (κ3) is 5.16. The summed E-state index contributed by atoms with van der Waals surface area (Å²) >= 11 is 11.7. The van der Waals surface area contributed by atoms with Gasteiger partial charge in [0.2, 0.25) is 0 Å². The third-order valence-corrected chi connectivity index (χ3v) is 6.41. The van der Waals surface area contributed by atoms with Gasteiger partial charge in [-0.3, -0.25) is 19.4 Å². The standard InChI is InChI=1S/C30H21ClN2O3S/c1-20-7-15-25(16-8-20)36-26-17-13-24(14-18-26)33-29(35)27(19-21-9-11-22(31)12-10-21)28(34)32(30(33)37)23-5-3-2-4-6-23/h2-19H,1H3/b27-19-. The van der Waals surface area contributed by atoms with Crippen LogP contribution in [0.15, 0.2) is 109 Å².